The Hall–Kier alpha value is -1.51. The molecule has 2 aliphatic rings. The first-order valence-electron chi connectivity index (χ1n) is 5.81. The monoisotopic (exact) mass is 216 g/mol. The zero-order valence-corrected chi connectivity index (χ0v) is 9.44. The first kappa shape index (κ1) is 9.70. The van der Waals surface area contributed by atoms with E-state index in [2.05, 4.69) is 6.92 Å². The maximum absolute atomic E-state index is 12.1. The van der Waals surface area contributed by atoms with Gasteiger partial charge in [-0.2, -0.15) is 0 Å². The highest BCUT2D eigenvalue weighted by Crippen LogP contribution is 2.40. The zero-order chi connectivity index (χ0) is 11.3. The number of nitrogens with zero attached hydrogens (tertiary/aromatic N) is 1. The van der Waals surface area contributed by atoms with Crippen LogP contribution in [0.5, 0.6) is 0 Å². The second-order valence-corrected chi connectivity index (χ2v) is 5.04. The van der Waals surface area contributed by atoms with Gasteiger partial charge in [0, 0.05) is 24.7 Å². The molecule has 2 atom stereocenters. The minimum Gasteiger partial charge on any atom is -0.399 e. The molecule has 0 radical (unpaired) electrons. The SMILES string of the molecule is CC1CC1C(=O)N1Cc2ccc(N)cc2C1. The number of anilines is 1. The third-order valence-corrected chi connectivity index (χ3v) is 3.69. The maximum atomic E-state index is 12.1. The highest BCUT2D eigenvalue weighted by atomic mass is 16.2. The molecule has 1 heterocycles. The average molecular weight is 216 g/mol. The van der Waals surface area contributed by atoms with Gasteiger partial charge in [-0.1, -0.05) is 13.0 Å². The lowest BCUT2D eigenvalue weighted by Crippen LogP contribution is -2.27. The Kier molecular flexibility index (Phi) is 1.96. The van der Waals surface area contributed by atoms with Crippen LogP contribution in [-0.4, -0.2) is 10.8 Å². The van der Waals surface area contributed by atoms with Crippen molar-refractivity contribution in [3.05, 3.63) is 29.3 Å². The van der Waals surface area contributed by atoms with E-state index in [1.807, 2.05) is 23.1 Å². The predicted molar refractivity (Wildman–Crippen MR) is 62.4 cm³/mol. The molecule has 1 aromatic carbocycles. The van der Waals surface area contributed by atoms with Crippen molar-refractivity contribution in [1.29, 1.82) is 0 Å². The minimum atomic E-state index is 0.284. The van der Waals surface area contributed by atoms with E-state index < -0.39 is 0 Å². The fourth-order valence-electron chi connectivity index (χ4n) is 2.47. The van der Waals surface area contributed by atoms with Gasteiger partial charge in [0.25, 0.3) is 0 Å². The molecular formula is C13H16N2O. The number of benzene rings is 1. The lowest BCUT2D eigenvalue weighted by Gasteiger charge is -2.14. The molecular weight excluding hydrogens is 200 g/mol. The van der Waals surface area contributed by atoms with Gasteiger partial charge in [-0.25, -0.2) is 0 Å². The van der Waals surface area contributed by atoms with E-state index in [0.717, 1.165) is 25.2 Å². The molecule has 1 aromatic rings. The third-order valence-electron chi connectivity index (χ3n) is 3.69. The molecule has 16 heavy (non-hydrogen) atoms. The molecule has 3 nitrogen and oxygen atoms in total. The molecule has 1 aliphatic carbocycles. The summed E-state index contributed by atoms with van der Waals surface area (Å²) in [5, 5.41) is 0. The molecule has 3 rings (SSSR count). The van der Waals surface area contributed by atoms with Crippen LogP contribution in [0.15, 0.2) is 18.2 Å². The smallest absolute Gasteiger partial charge is 0.226 e. The van der Waals surface area contributed by atoms with Crippen molar-refractivity contribution < 1.29 is 4.79 Å². The Morgan fingerprint density at radius 1 is 1.38 bits per heavy atom. The van der Waals surface area contributed by atoms with E-state index >= 15 is 0 Å². The highest BCUT2D eigenvalue weighted by Gasteiger charge is 2.42. The van der Waals surface area contributed by atoms with Crippen LogP contribution >= 0.6 is 0 Å². The fourth-order valence-corrected chi connectivity index (χ4v) is 2.47. The number of fused-ring (bicyclic) bond motifs is 1. The van der Waals surface area contributed by atoms with E-state index in [9.17, 15) is 4.79 Å². The van der Waals surface area contributed by atoms with Gasteiger partial charge >= 0.3 is 0 Å². The predicted octanol–water partition coefficient (Wildman–Crippen LogP) is 1.77. The zero-order valence-electron chi connectivity index (χ0n) is 9.44. The molecule has 2 N–H and O–H groups in total. The molecule has 0 spiro atoms. The van der Waals surface area contributed by atoms with Crippen LogP contribution in [0.25, 0.3) is 0 Å². The van der Waals surface area contributed by atoms with Crippen LogP contribution in [0, 0.1) is 11.8 Å². The first-order chi connectivity index (χ1) is 7.65. The Morgan fingerprint density at radius 3 is 2.75 bits per heavy atom. The second-order valence-electron chi connectivity index (χ2n) is 5.04. The summed E-state index contributed by atoms with van der Waals surface area (Å²) in [6, 6.07) is 5.93. The summed E-state index contributed by atoms with van der Waals surface area (Å²) in [5.41, 5.74) is 8.98. The van der Waals surface area contributed by atoms with Gasteiger partial charge in [0.1, 0.15) is 0 Å². The summed E-state index contributed by atoms with van der Waals surface area (Å²) in [7, 11) is 0. The molecule has 0 saturated heterocycles. The molecule has 2 unspecified atom stereocenters. The van der Waals surface area contributed by atoms with Crippen molar-refractivity contribution in [2.45, 2.75) is 26.4 Å². The van der Waals surface area contributed by atoms with Crippen LogP contribution in [-0.2, 0) is 17.9 Å². The topological polar surface area (TPSA) is 46.3 Å². The number of carbonyl (C=O) groups is 1. The fraction of sp³-hybridized carbons (Fsp3) is 0.462. The largest absolute Gasteiger partial charge is 0.399 e. The van der Waals surface area contributed by atoms with Crippen molar-refractivity contribution in [3.63, 3.8) is 0 Å². The number of carbonyl (C=O) groups excluding carboxylic acids is 1. The van der Waals surface area contributed by atoms with Gasteiger partial charge in [0.15, 0.2) is 0 Å². The van der Waals surface area contributed by atoms with Crippen molar-refractivity contribution in [3.8, 4) is 0 Å². The Labute approximate surface area is 95.2 Å². The van der Waals surface area contributed by atoms with Gasteiger partial charge in [-0.3, -0.25) is 4.79 Å². The lowest BCUT2D eigenvalue weighted by molar-refractivity contribution is -0.133. The van der Waals surface area contributed by atoms with Gasteiger partial charge in [-0.15, -0.1) is 0 Å². The first-order valence-corrected chi connectivity index (χ1v) is 5.81. The van der Waals surface area contributed by atoms with Crippen LogP contribution in [0.1, 0.15) is 24.5 Å². The van der Waals surface area contributed by atoms with Crippen LogP contribution in [0.4, 0.5) is 5.69 Å². The summed E-state index contributed by atoms with van der Waals surface area (Å²) >= 11 is 0. The van der Waals surface area contributed by atoms with Crippen LogP contribution in [0.2, 0.25) is 0 Å². The molecule has 3 heteroatoms. The van der Waals surface area contributed by atoms with Gasteiger partial charge in [0.05, 0.1) is 0 Å². The van der Waals surface area contributed by atoms with Crippen molar-refractivity contribution >= 4 is 11.6 Å². The molecule has 1 fully saturated rings. The van der Waals surface area contributed by atoms with E-state index in [4.69, 9.17) is 5.73 Å². The average Bonchev–Trinajstić information content (AvgIpc) is 2.83. The van der Waals surface area contributed by atoms with Gasteiger partial charge < -0.3 is 10.6 Å². The third kappa shape index (κ3) is 1.47. The molecule has 1 aliphatic heterocycles. The van der Waals surface area contributed by atoms with E-state index in [1.165, 1.54) is 11.1 Å². The molecule has 1 saturated carbocycles. The minimum absolute atomic E-state index is 0.284. The molecule has 1 amide bonds. The van der Waals surface area contributed by atoms with Crippen LogP contribution in [0.3, 0.4) is 0 Å². The summed E-state index contributed by atoms with van der Waals surface area (Å²) < 4.78 is 0. The summed E-state index contributed by atoms with van der Waals surface area (Å²) in [4.78, 5) is 14.0. The van der Waals surface area contributed by atoms with Crippen molar-refractivity contribution in [2.75, 3.05) is 5.73 Å². The Bertz CT molecular complexity index is 455. The summed E-state index contributed by atoms with van der Waals surface area (Å²) in [6.45, 7) is 3.64. The standard InChI is InChI=1S/C13H16N2O/c1-8-4-12(8)13(16)15-6-9-2-3-11(14)5-10(9)7-15/h2-3,5,8,12H,4,6-7,14H2,1H3. The normalized spacial score (nSPS) is 26.7. The number of nitrogen functional groups attached to an aromatic ring is 1. The number of nitrogens with two attached hydrogens (primary N) is 1. The molecule has 0 bridgehead atoms. The van der Waals surface area contributed by atoms with Crippen molar-refractivity contribution in [2.24, 2.45) is 11.8 Å². The second kappa shape index (κ2) is 3.24. The highest BCUT2D eigenvalue weighted by molar-refractivity contribution is 5.82. The van der Waals surface area contributed by atoms with E-state index in [0.29, 0.717) is 11.8 Å². The Balaban J connectivity index is 1.77. The molecule has 0 aromatic heterocycles. The molecule has 84 valence electrons. The van der Waals surface area contributed by atoms with Gasteiger partial charge in [-0.05, 0) is 35.6 Å². The van der Waals surface area contributed by atoms with Crippen molar-refractivity contribution in [1.82, 2.24) is 4.90 Å². The van der Waals surface area contributed by atoms with E-state index in [-0.39, 0.29) is 5.92 Å². The number of hydrogen-bond acceptors (Lipinski definition) is 2. The quantitative estimate of drug-likeness (QED) is 0.727. The number of hydrogen-bond donors (Lipinski definition) is 1. The van der Waals surface area contributed by atoms with Crippen LogP contribution < -0.4 is 5.73 Å². The summed E-state index contributed by atoms with van der Waals surface area (Å²) in [5.74, 6) is 1.19. The maximum Gasteiger partial charge on any atom is 0.226 e. The Morgan fingerprint density at radius 2 is 2.06 bits per heavy atom. The lowest BCUT2D eigenvalue weighted by atomic mass is 10.1. The van der Waals surface area contributed by atoms with E-state index in [1.54, 1.807) is 0 Å². The van der Waals surface area contributed by atoms with Gasteiger partial charge in [0.2, 0.25) is 5.91 Å². The summed E-state index contributed by atoms with van der Waals surface area (Å²) in [6.07, 6.45) is 1.06. The number of rotatable bonds is 1. The number of amides is 1.